The van der Waals surface area contributed by atoms with Crippen LogP contribution in [0.5, 0.6) is 0 Å². The molecule has 0 aliphatic heterocycles. The summed E-state index contributed by atoms with van der Waals surface area (Å²) in [6.45, 7) is 1.34. The molecule has 1 atom stereocenters. The summed E-state index contributed by atoms with van der Waals surface area (Å²) in [7, 11) is 0. The highest BCUT2D eigenvalue weighted by molar-refractivity contribution is 5.06. The van der Waals surface area contributed by atoms with E-state index < -0.39 is 18.1 Å². The highest BCUT2D eigenvalue weighted by Gasteiger charge is 2.34. The monoisotopic (exact) mass is 192 g/mol. The highest BCUT2D eigenvalue weighted by Crippen LogP contribution is 2.26. The maximum Gasteiger partial charge on any atom is 0.451 e. The average Bonchev–Trinajstić information content (AvgIpc) is 2.03. The van der Waals surface area contributed by atoms with Crippen LogP contribution in [0.1, 0.15) is 24.5 Å². The van der Waals surface area contributed by atoms with Crippen molar-refractivity contribution >= 4 is 0 Å². The quantitative estimate of drug-likeness (QED) is 0.734. The van der Waals surface area contributed by atoms with Gasteiger partial charge in [0.1, 0.15) is 0 Å². The fraction of sp³-hybridized carbons (Fsp3) is 0.429. The average molecular weight is 192 g/mol. The van der Waals surface area contributed by atoms with E-state index in [2.05, 4.69) is 9.97 Å². The zero-order valence-electron chi connectivity index (χ0n) is 6.71. The molecule has 0 spiro atoms. The van der Waals surface area contributed by atoms with Crippen molar-refractivity contribution in [3.8, 4) is 0 Å². The predicted molar refractivity (Wildman–Crippen MR) is 37.7 cm³/mol. The van der Waals surface area contributed by atoms with Crippen molar-refractivity contribution in [2.45, 2.75) is 19.2 Å². The van der Waals surface area contributed by atoms with Gasteiger partial charge in [-0.2, -0.15) is 13.2 Å². The standard InChI is InChI=1S/C7H7F3N2O/c1-4(13)5-2-3-11-6(12-5)7(8,9)10/h2-4,13H,1H3. The molecule has 0 radical (unpaired) electrons. The highest BCUT2D eigenvalue weighted by atomic mass is 19.4. The van der Waals surface area contributed by atoms with Crippen LogP contribution in [0.15, 0.2) is 12.3 Å². The van der Waals surface area contributed by atoms with Crippen LogP contribution in [0, 0.1) is 0 Å². The van der Waals surface area contributed by atoms with E-state index in [1.807, 2.05) is 0 Å². The van der Waals surface area contributed by atoms with Gasteiger partial charge in [0, 0.05) is 6.20 Å². The molecule has 13 heavy (non-hydrogen) atoms. The number of aliphatic hydroxyl groups is 1. The van der Waals surface area contributed by atoms with Gasteiger partial charge in [0.2, 0.25) is 5.82 Å². The minimum atomic E-state index is -4.56. The summed E-state index contributed by atoms with van der Waals surface area (Å²) in [5.41, 5.74) is -0.0395. The Morgan fingerprint density at radius 2 is 2.08 bits per heavy atom. The summed E-state index contributed by atoms with van der Waals surface area (Å²) in [5, 5.41) is 8.96. The van der Waals surface area contributed by atoms with Crippen LogP contribution in [0.25, 0.3) is 0 Å². The van der Waals surface area contributed by atoms with Crippen molar-refractivity contribution in [2.75, 3.05) is 0 Å². The normalized spacial score (nSPS) is 14.2. The summed E-state index contributed by atoms with van der Waals surface area (Å²) >= 11 is 0. The lowest BCUT2D eigenvalue weighted by molar-refractivity contribution is -0.145. The van der Waals surface area contributed by atoms with Crippen LogP contribution in [0.2, 0.25) is 0 Å². The predicted octanol–water partition coefficient (Wildman–Crippen LogP) is 1.55. The Hall–Kier alpha value is -1.17. The molecule has 1 aromatic heterocycles. The van der Waals surface area contributed by atoms with E-state index >= 15 is 0 Å². The van der Waals surface area contributed by atoms with Gasteiger partial charge in [-0.25, -0.2) is 9.97 Å². The molecule has 1 aromatic rings. The van der Waals surface area contributed by atoms with E-state index in [0.717, 1.165) is 6.20 Å². The molecule has 0 aliphatic carbocycles. The molecule has 1 unspecified atom stereocenters. The molecule has 3 nitrogen and oxygen atoms in total. The molecular formula is C7H7F3N2O. The third-order valence-corrected chi connectivity index (χ3v) is 1.36. The Labute approximate surface area is 72.3 Å². The Morgan fingerprint density at radius 1 is 1.46 bits per heavy atom. The molecule has 1 rings (SSSR count). The second-order valence-electron chi connectivity index (χ2n) is 2.48. The maximum atomic E-state index is 12.0. The Balaban J connectivity index is 3.06. The van der Waals surface area contributed by atoms with E-state index in [4.69, 9.17) is 5.11 Å². The molecule has 0 bridgehead atoms. The summed E-state index contributed by atoms with van der Waals surface area (Å²) in [5.74, 6) is -1.23. The van der Waals surface area contributed by atoms with Crippen LogP contribution in [0.3, 0.4) is 0 Å². The first kappa shape index (κ1) is 9.91. The molecule has 0 aromatic carbocycles. The number of halogens is 3. The van der Waals surface area contributed by atoms with Crippen molar-refractivity contribution in [3.05, 3.63) is 23.8 Å². The summed E-state index contributed by atoms with van der Waals surface area (Å²) < 4.78 is 36.1. The van der Waals surface area contributed by atoms with E-state index in [1.165, 1.54) is 13.0 Å². The largest absolute Gasteiger partial charge is 0.451 e. The lowest BCUT2D eigenvalue weighted by Gasteiger charge is -2.07. The Kier molecular flexibility index (Phi) is 2.51. The van der Waals surface area contributed by atoms with Crippen LogP contribution >= 0.6 is 0 Å². The number of rotatable bonds is 1. The summed E-state index contributed by atoms with van der Waals surface area (Å²) in [6.07, 6.45) is -4.62. The topological polar surface area (TPSA) is 46.0 Å². The van der Waals surface area contributed by atoms with Gasteiger partial charge in [0.05, 0.1) is 11.8 Å². The second-order valence-corrected chi connectivity index (χ2v) is 2.48. The van der Waals surface area contributed by atoms with Crippen molar-refractivity contribution in [3.63, 3.8) is 0 Å². The first-order valence-corrected chi connectivity index (χ1v) is 3.49. The fourth-order valence-corrected chi connectivity index (χ4v) is 0.742. The number of hydrogen-bond acceptors (Lipinski definition) is 3. The van der Waals surface area contributed by atoms with Gasteiger partial charge in [-0.05, 0) is 13.0 Å². The lowest BCUT2D eigenvalue weighted by Crippen LogP contribution is -2.12. The molecule has 72 valence electrons. The van der Waals surface area contributed by atoms with Gasteiger partial charge < -0.3 is 5.11 Å². The summed E-state index contributed by atoms with van der Waals surface area (Å²) in [6, 6.07) is 1.24. The molecular weight excluding hydrogens is 185 g/mol. The van der Waals surface area contributed by atoms with Crippen molar-refractivity contribution in [1.29, 1.82) is 0 Å². The van der Waals surface area contributed by atoms with E-state index in [1.54, 1.807) is 0 Å². The Bertz CT molecular complexity index is 298. The molecule has 0 aliphatic rings. The van der Waals surface area contributed by atoms with Crippen molar-refractivity contribution in [2.24, 2.45) is 0 Å². The third kappa shape index (κ3) is 2.38. The molecule has 6 heteroatoms. The number of hydrogen-bond donors (Lipinski definition) is 1. The first-order valence-electron chi connectivity index (χ1n) is 3.49. The number of aliphatic hydroxyl groups excluding tert-OH is 1. The van der Waals surface area contributed by atoms with Gasteiger partial charge >= 0.3 is 6.18 Å². The minimum Gasteiger partial charge on any atom is -0.387 e. The molecule has 0 amide bonds. The molecule has 1 N–H and O–H groups in total. The lowest BCUT2D eigenvalue weighted by atomic mass is 10.3. The van der Waals surface area contributed by atoms with Crippen molar-refractivity contribution in [1.82, 2.24) is 9.97 Å². The molecule has 0 fully saturated rings. The zero-order valence-corrected chi connectivity index (χ0v) is 6.71. The first-order chi connectivity index (χ1) is 5.91. The third-order valence-electron chi connectivity index (χ3n) is 1.36. The van der Waals surface area contributed by atoms with Gasteiger partial charge in [0.25, 0.3) is 0 Å². The van der Waals surface area contributed by atoms with Crippen LogP contribution in [0.4, 0.5) is 13.2 Å². The second kappa shape index (κ2) is 3.29. The van der Waals surface area contributed by atoms with E-state index in [0.29, 0.717) is 0 Å². The van der Waals surface area contributed by atoms with E-state index in [9.17, 15) is 13.2 Å². The van der Waals surface area contributed by atoms with Crippen molar-refractivity contribution < 1.29 is 18.3 Å². The number of nitrogens with zero attached hydrogens (tertiary/aromatic N) is 2. The maximum absolute atomic E-state index is 12.0. The molecule has 1 heterocycles. The van der Waals surface area contributed by atoms with Gasteiger partial charge in [-0.15, -0.1) is 0 Å². The summed E-state index contributed by atoms with van der Waals surface area (Å²) in [4.78, 5) is 6.20. The fourth-order valence-electron chi connectivity index (χ4n) is 0.742. The van der Waals surface area contributed by atoms with E-state index in [-0.39, 0.29) is 5.69 Å². The SMILES string of the molecule is CC(O)c1ccnc(C(F)(F)F)n1. The van der Waals surface area contributed by atoms with Gasteiger partial charge in [-0.1, -0.05) is 0 Å². The van der Waals surface area contributed by atoms with Crippen LogP contribution in [-0.4, -0.2) is 15.1 Å². The molecule has 0 saturated carbocycles. The zero-order chi connectivity index (χ0) is 10.1. The van der Waals surface area contributed by atoms with Crippen LogP contribution < -0.4 is 0 Å². The number of aromatic nitrogens is 2. The van der Waals surface area contributed by atoms with Gasteiger partial charge in [-0.3, -0.25) is 0 Å². The Morgan fingerprint density at radius 3 is 2.54 bits per heavy atom. The smallest absolute Gasteiger partial charge is 0.387 e. The van der Waals surface area contributed by atoms with Gasteiger partial charge in [0.15, 0.2) is 0 Å². The molecule has 0 saturated heterocycles. The minimum absolute atomic E-state index is 0.0395. The van der Waals surface area contributed by atoms with Crippen LogP contribution in [-0.2, 0) is 6.18 Å². The number of alkyl halides is 3.